The van der Waals surface area contributed by atoms with E-state index in [2.05, 4.69) is 5.32 Å². The van der Waals surface area contributed by atoms with E-state index in [9.17, 15) is 9.59 Å². The maximum absolute atomic E-state index is 12.1. The summed E-state index contributed by atoms with van der Waals surface area (Å²) < 4.78 is 0. The third-order valence-corrected chi connectivity index (χ3v) is 4.53. The molecule has 2 N–H and O–H groups in total. The fourth-order valence-electron chi connectivity index (χ4n) is 3.28. The number of carbonyl (C=O) groups is 2. The van der Waals surface area contributed by atoms with Crippen LogP contribution in [0.4, 0.5) is 0 Å². The third-order valence-electron chi connectivity index (χ3n) is 4.53. The molecule has 0 saturated heterocycles. The van der Waals surface area contributed by atoms with Crippen LogP contribution in [0.15, 0.2) is 0 Å². The number of hydrogen-bond acceptors (Lipinski definition) is 2. The lowest BCUT2D eigenvalue weighted by Gasteiger charge is -2.20. The van der Waals surface area contributed by atoms with Gasteiger partial charge in [0.1, 0.15) is 0 Å². The molecule has 0 bridgehead atoms. The molecule has 1 saturated carbocycles. The van der Waals surface area contributed by atoms with Crippen molar-refractivity contribution in [3.05, 3.63) is 0 Å². The first-order chi connectivity index (χ1) is 10.6. The van der Waals surface area contributed by atoms with Crippen LogP contribution in [-0.2, 0) is 9.59 Å². The second kappa shape index (κ2) is 11.5. The molecule has 1 amide bonds. The Bertz CT molecular complexity index is 318. The Balaban J connectivity index is 2.34. The summed E-state index contributed by atoms with van der Waals surface area (Å²) in [7, 11) is 0. The topological polar surface area (TPSA) is 66.4 Å². The Morgan fingerprint density at radius 1 is 0.909 bits per heavy atom. The highest BCUT2D eigenvalue weighted by Crippen LogP contribution is 2.17. The Kier molecular flexibility index (Phi) is 9.93. The van der Waals surface area contributed by atoms with Crippen molar-refractivity contribution in [2.75, 3.05) is 0 Å². The zero-order valence-corrected chi connectivity index (χ0v) is 14.1. The second-order valence-electron chi connectivity index (χ2n) is 6.93. The van der Waals surface area contributed by atoms with E-state index in [1.54, 1.807) is 0 Å². The van der Waals surface area contributed by atoms with E-state index in [0.717, 1.165) is 12.8 Å². The van der Waals surface area contributed by atoms with Crippen LogP contribution in [0, 0.1) is 5.92 Å². The fraction of sp³-hybridized carbons (Fsp3) is 0.889. The van der Waals surface area contributed by atoms with Gasteiger partial charge in [0, 0.05) is 18.9 Å². The molecular weight excluding hydrogens is 278 g/mol. The van der Waals surface area contributed by atoms with Gasteiger partial charge in [0.25, 0.3) is 0 Å². The van der Waals surface area contributed by atoms with Crippen LogP contribution in [-0.4, -0.2) is 23.0 Å². The molecule has 22 heavy (non-hydrogen) atoms. The number of nitrogens with one attached hydrogen (secondary N) is 1. The van der Waals surface area contributed by atoms with Crippen molar-refractivity contribution in [3.63, 3.8) is 0 Å². The molecule has 0 aromatic rings. The molecule has 1 unspecified atom stereocenters. The molecule has 1 aliphatic rings. The lowest BCUT2D eigenvalue weighted by molar-refractivity contribution is -0.138. The third kappa shape index (κ3) is 9.80. The summed E-state index contributed by atoms with van der Waals surface area (Å²) in [4.78, 5) is 22.7. The van der Waals surface area contributed by atoms with Gasteiger partial charge in [-0.1, -0.05) is 64.7 Å². The highest BCUT2D eigenvalue weighted by molar-refractivity contribution is 5.77. The summed E-state index contributed by atoms with van der Waals surface area (Å²) in [5.74, 6) is -0.902. The zero-order valence-electron chi connectivity index (χ0n) is 14.1. The van der Waals surface area contributed by atoms with Gasteiger partial charge >= 0.3 is 5.97 Å². The van der Waals surface area contributed by atoms with Crippen molar-refractivity contribution in [2.45, 2.75) is 96.4 Å². The van der Waals surface area contributed by atoms with Crippen LogP contribution in [0.5, 0.6) is 0 Å². The molecular formula is C18H33NO3. The van der Waals surface area contributed by atoms with Crippen LogP contribution < -0.4 is 5.32 Å². The summed E-state index contributed by atoms with van der Waals surface area (Å²) in [6.45, 7) is 1.83. The number of rotatable bonds is 5. The SMILES string of the molecule is CC(CC(=O)O)CC(=O)NC1CCCCCCCCCCC1. The first-order valence-corrected chi connectivity index (χ1v) is 9.09. The lowest BCUT2D eigenvalue weighted by Crippen LogP contribution is -2.35. The number of carboxylic acid groups (broad SMARTS) is 1. The summed E-state index contributed by atoms with van der Waals surface area (Å²) in [6, 6.07) is 0.281. The van der Waals surface area contributed by atoms with Gasteiger partial charge in [-0.3, -0.25) is 9.59 Å². The number of aliphatic carboxylic acids is 1. The molecule has 4 heteroatoms. The second-order valence-corrected chi connectivity index (χ2v) is 6.93. The van der Waals surface area contributed by atoms with E-state index >= 15 is 0 Å². The van der Waals surface area contributed by atoms with Crippen LogP contribution in [0.1, 0.15) is 90.4 Å². The van der Waals surface area contributed by atoms with Crippen LogP contribution in [0.2, 0.25) is 0 Å². The molecule has 128 valence electrons. The molecule has 0 heterocycles. The number of carbonyl (C=O) groups excluding carboxylic acids is 1. The van der Waals surface area contributed by atoms with E-state index in [4.69, 9.17) is 5.11 Å². The molecule has 0 radical (unpaired) electrons. The Hall–Kier alpha value is -1.06. The van der Waals surface area contributed by atoms with Gasteiger partial charge in [-0.15, -0.1) is 0 Å². The minimum atomic E-state index is -0.827. The Morgan fingerprint density at radius 2 is 1.36 bits per heavy atom. The molecule has 0 spiro atoms. The van der Waals surface area contributed by atoms with E-state index in [0.29, 0.717) is 6.42 Å². The van der Waals surface area contributed by atoms with Gasteiger partial charge < -0.3 is 10.4 Å². The zero-order chi connectivity index (χ0) is 16.2. The molecule has 1 atom stereocenters. The summed E-state index contributed by atoms with van der Waals surface area (Å²) in [6.07, 6.45) is 14.1. The average molecular weight is 311 g/mol. The first-order valence-electron chi connectivity index (χ1n) is 9.09. The predicted octanol–water partition coefficient (Wildman–Crippen LogP) is 4.28. The maximum atomic E-state index is 12.1. The Labute approximate surface area is 135 Å². The predicted molar refractivity (Wildman–Crippen MR) is 88.8 cm³/mol. The van der Waals surface area contributed by atoms with Crippen molar-refractivity contribution in [1.82, 2.24) is 5.32 Å². The number of carboxylic acids is 1. The highest BCUT2D eigenvalue weighted by Gasteiger charge is 2.16. The monoisotopic (exact) mass is 311 g/mol. The van der Waals surface area contributed by atoms with Crippen molar-refractivity contribution in [3.8, 4) is 0 Å². The van der Waals surface area contributed by atoms with Crippen LogP contribution >= 0.6 is 0 Å². The van der Waals surface area contributed by atoms with Crippen molar-refractivity contribution in [1.29, 1.82) is 0 Å². The van der Waals surface area contributed by atoms with Gasteiger partial charge in [-0.05, 0) is 18.8 Å². The standard InChI is InChI=1S/C18H33NO3/c1-15(14-18(21)22)13-17(20)19-16-11-9-7-5-3-2-4-6-8-10-12-16/h15-16H,2-14H2,1H3,(H,19,20)(H,21,22). The Morgan fingerprint density at radius 3 is 1.82 bits per heavy atom. The largest absolute Gasteiger partial charge is 0.481 e. The quantitative estimate of drug-likeness (QED) is 0.796. The van der Waals surface area contributed by atoms with E-state index in [1.807, 2.05) is 6.92 Å². The minimum Gasteiger partial charge on any atom is -0.481 e. The van der Waals surface area contributed by atoms with Gasteiger partial charge in [0.15, 0.2) is 0 Å². The smallest absolute Gasteiger partial charge is 0.303 e. The average Bonchev–Trinajstić information content (AvgIpc) is 2.40. The highest BCUT2D eigenvalue weighted by atomic mass is 16.4. The van der Waals surface area contributed by atoms with E-state index in [1.165, 1.54) is 57.8 Å². The van der Waals surface area contributed by atoms with Crippen LogP contribution in [0.25, 0.3) is 0 Å². The summed E-state index contributed by atoms with van der Waals surface area (Å²) >= 11 is 0. The maximum Gasteiger partial charge on any atom is 0.303 e. The van der Waals surface area contributed by atoms with Crippen molar-refractivity contribution in [2.24, 2.45) is 5.92 Å². The fourth-order valence-corrected chi connectivity index (χ4v) is 3.28. The van der Waals surface area contributed by atoms with E-state index < -0.39 is 5.97 Å². The molecule has 0 aromatic heterocycles. The first kappa shape index (κ1) is 19.0. The normalized spacial score (nSPS) is 20.4. The molecule has 0 aromatic carbocycles. The summed E-state index contributed by atoms with van der Waals surface area (Å²) in [5.41, 5.74) is 0. The van der Waals surface area contributed by atoms with E-state index in [-0.39, 0.29) is 24.3 Å². The number of amides is 1. The van der Waals surface area contributed by atoms with Gasteiger partial charge in [-0.2, -0.15) is 0 Å². The van der Waals surface area contributed by atoms with Gasteiger partial charge in [0.2, 0.25) is 5.91 Å². The molecule has 0 aliphatic heterocycles. The molecule has 1 rings (SSSR count). The van der Waals surface area contributed by atoms with Crippen molar-refractivity contribution < 1.29 is 14.7 Å². The van der Waals surface area contributed by atoms with Gasteiger partial charge in [0.05, 0.1) is 0 Å². The minimum absolute atomic E-state index is 0.0193. The van der Waals surface area contributed by atoms with Gasteiger partial charge in [-0.25, -0.2) is 0 Å². The summed E-state index contributed by atoms with van der Waals surface area (Å²) in [5, 5.41) is 11.9. The molecule has 4 nitrogen and oxygen atoms in total. The molecule has 1 aliphatic carbocycles. The lowest BCUT2D eigenvalue weighted by atomic mass is 9.97. The van der Waals surface area contributed by atoms with Crippen molar-refractivity contribution >= 4 is 11.9 Å². The van der Waals surface area contributed by atoms with Crippen LogP contribution in [0.3, 0.4) is 0 Å². The number of hydrogen-bond donors (Lipinski definition) is 2. The molecule has 1 fully saturated rings.